The van der Waals surface area contributed by atoms with Crippen LogP contribution in [0.5, 0.6) is 0 Å². The predicted octanol–water partition coefficient (Wildman–Crippen LogP) is 12.1. The number of benzene rings is 6. The zero-order valence-corrected chi connectivity index (χ0v) is 27.8. The van der Waals surface area contributed by atoms with E-state index in [1.165, 1.54) is 71.5 Å². The summed E-state index contributed by atoms with van der Waals surface area (Å²) in [6.07, 6.45) is 6.65. The molecule has 51 heavy (non-hydrogen) atoms. The molecule has 0 spiro atoms. The molecule has 0 unspecified atom stereocenters. The van der Waals surface area contributed by atoms with Gasteiger partial charge >= 0.3 is 0 Å². The first-order chi connectivity index (χ1) is 25.3. The Kier molecular flexibility index (Phi) is 5.99. The molecule has 1 aliphatic carbocycles. The monoisotopic (exact) mass is 649 g/mol. The van der Waals surface area contributed by atoms with Crippen molar-refractivity contribution >= 4 is 60.6 Å². The Morgan fingerprint density at radius 1 is 0.471 bits per heavy atom. The van der Waals surface area contributed by atoms with Crippen LogP contribution < -0.4 is 0 Å². The summed E-state index contributed by atoms with van der Waals surface area (Å²) in [5.74, 6) is 0. The molecule has 11 rings (SSSR count). The van der Waals surface area contributed by atoms with Crippen LogP contribution in [0, 0.1) is 12.1 Å². The Bertz CT molecular complexity index is 2930. The van der Waals surface area contributed by atoms with Gasteiger partial charge in [-0.15, -0.1) is 0 Å². The molecule has 7 aromatic carbocycles. The van der Waals surface area contributed by atoms with Gasteiger partial charge in [-0.05, 0) is 73.5 Å². The highest BCUT2D eigenvalue weighted by molar-refractivity contribution is 6.11. The molecule has 0 radical (unpaired) electrons. The van der Waals surface area contributed by atoms with Crippen LogP contribution in [0.1, 0.15) is 17.7 Å². The Morgan fingerprint density at radius 3 is 1.71 bits per heavy atom. The minimum Gasteiger partial charge on any atom is -0.312 e. The summed E-state index contributed by atoms with van der Waals surface area (Å²) in [6.45, 7) is 0. The number of fused-ring (bicyclic) bond motifs is 9. The fourth-order valence-corrected chi connectivity index (χ4v) is 8.66. The molecule has 0 aliphatic heterocycles. The van der Waals surface area contributed by atoms with Crippen LogP contribution >= 0.6 is 0 Å². The normalized spacial score (nSPS) is 12.7. The zero-order chi connectivity index (χ0) is 33.5. The molecule has 10 aromatic rings. The van der Waals surface area contributed by atoms with Crippen LogP contribution in [0.15, 0.2) is 158 Å². The highest BCUT2D eigenvalue weighted by Crippen LogP contribution is 2.41. The number of hydrogen-bond donors (Lipinski definition) is 0. The third kappa shape index (κ3) is 4.02. The first-order valence-electron chi connectivity index (χ1n) is 17.7. The molecule has 238 valence electrons. The van der Waals surface area contributed by atoms with Crippen molar-refractivity contribution in [1.82, 2.24) is 13.7 Å². The van der Waals surface area contributed by atoms with Gasteiger partial charge in [0, 0.05) is 49.4 Å². The van der Waals surface area contributed by atoms with Crippen molar-refractivity contribution in [2.75, 3.05) is 0 Å². The van der Waals surface area contributed by atoms with Gasteiger partial charge in [0.05, 0.1) is 44.5 Å². The van der Waals surface area contributed by atoms with E-state index in [-0.39, 0.29) is 0 Å². The van der Waals surface area contributed by atoms with Gasteiger partial charge in [-0.1, -0.05) is 115 Å². The number of allylic oxidation sites excluding steroid dienone is 1. The smallest absolute Gasteiger partial charge is 0.0632 e. The summed E-state index contributed by atoms with van der Waals surface area (Å²) in [6, 6.07) is 61.8. The zero-order valence-electron chi connectivity index (χ0n) is 27.8. The first-order valence-corrected chi connectivity index (χ1v) is 17.7. The number of rotatable bonds is 4. The third-order valence-corrected chi connectivity index (χ3v) is 10.8. The van der Waals surface area contributed by atoms with Gasteiger partial charge in [0.25, 0.3) is 0 Å². The molecule has 0 atom stereocenters. The largest absolute Gasteiger partial charge is 0.312 e. The van der Waals surface area contributed by atoms with Crippen LogP contribution in [0.25, 0.3) is 88.8 Å². The summed E-state index contributed by atoms with van der Waals surface area (Å²) in [7, 11) is 0. The van der Waals surface area contributed by atoms with E-state index in [9.17, 15) is 0 Å². The van der Waals surface area contributed by atoms with Crippen LogP contribution in [-0.2, 0) is 6.42 Å². The molecule has 0 amide bonds. The number of nitrogens with zero attached hydrogens (tertiary/aromatic N) is 3. The number of hydrogen-bond acceptors (Lipinski definition) is 0. The van der Waals surface area contributed by atoms with Gasteiger partial charge in [-0.25, -0.2) is 0 Å². The molecule has 0 bridgehead atoms. The molecule has 0 fully saturated rings. The van der Waals surface area contributed by atoms with Crippen molar-refractivity contribution in [3.63, 3.8) is 0 Å². The van der Waals surface area contributed by atoms with E-state index >= 15 is 0 Å². The van der Waals surface area contributed by atoms with Crippen molar-refractivity contribution in [1.29, 1.82) is 0 Å². The van der Waals surface area contributed by atoms with Crippen molar-refractivity contribution in [3.05, 3.63) is 181 Å². The highest BCUT2D eigenvalue weighted by Gasteiger charge is 2.23. The van der Waals surface area contributed by atoms with E-state index in [0.29, 0.717) is 0 Å². The molecule has 1 aliphatic rings. The van der Waals surface area contributed by atoms with Gasteiger partial charge in [-0.2, -0.15) is 0 Å². The molecular formula is C48H31N3. The average molecular weight is 650 g/mol. The van der Waals surface area contributed by atoms with E-state index in [1.807, 2.05) is 6.07 Å². The van der Waals surface area contributed by atoms with E-state index in [1.54, 1.807) is 0 Å². The Morgan fingerprint density at radius 2 is 1.04 bits per heavy atom. The molecule has 0 saturated heterocycles. The third-order valence-electron chi connectivity index (χ3n) is 10.8. The SMILES string of the molecule is c1ccc(-n2c3ccccc3c3ccccc32)c(-c2ccccc2-n2c3c(c4cc(-n5c6ccccc6c6ccccc65)ccc42)C=CCC3)c#1. The Labute approximate surface area is 295 Å². The van der Waals surface area contributed by atoms with Gasteiger partial charge < -0.3 is 13.7 Å². The van der Waals surface area contributed by atoms with Crippen molar-refractivity contribution < 1.29 is 0 Å². The maximum Gasteiger partial charge on any atom is 0.0632 e. The quantitative estimate of drug-likeness (QED) is 0.180. The second kappa shape index (κ2) is 10.9. The number of aromatic nitrogens is 3. The summed E-state index contributed by atoms with van der Waals surface area (Å²) < 4.78 is 7.32. The molecular weight excluding hydrogens is 619 g/mol. The fraction of sp³-hybridized carbons (Fsp3) is 0.0417. The maximum atomic E-state index is 3.59. The average Bonchev–Trinajstić information content (AvgIpc) is 3.83. The minimum absolute atomic E-state index is 0.976. The number of para-hydroxylation sites is 5. The lowest BCUT2D eigenvalue weighted by atomic mass is 10.0. The standard InChI is InChI=1S/C48H31N3/c1-8-22-41-33(15-1)34-16-2-9-23-42(34)49(41)32-29-30-48-40(31-32)39-21-7-14-28-47(39)51(48)46-27-13-6-20-38(46)37-19-5-12-26-45(37)50-43-24-10-3-17-35(43)36-18-4-11-25-44(36)50/h1-4,6-13,15-18,20-27,29-31H,14,28H2. The van der Waals surface area contributed by atoms with E-state index in [4.69, 9.17) is 0 Å². The fourth-order valence-electron chi connectivity index (χ4n) is 8.66. The van der Waals surface area contributed by atoms with Crippen LogP contribution in [-0.4, -0.2) is 13.7 Å². The van der Waals surface area contributed by atoms with Gasteiger partial charge in [0.1, 0.15) is 0 Å². The minimum atomic E-state index is 0.976. The first kappa shape index (κ1) is 28.1. The van der Waals surface area contributed by atoms with Gasteiger partial charge in [0.2, 0.25) is 0 Å². The lowest BCUT2D eigenvalue weighted by Crippen LogP contribution is -2.05. The highest BCUT2D eigenvalue weighted by atomic mass is 15.0. The Hall–Kier alpha value is -6.76. The van der Waals surface area contributed by atoms with E-state index in [0.717, 1.165) is 35.3 Å². The molecule has 0 N–H and O–H groups in total. The second-order valence-electron chi connectivity index (χ2n) is 13.5. The summed E-state index contributed by atoms with van der Waals surface area (Å²) in [5.41, 5.74) is 14.3. The summed E-state index contributed by atoms with van der Waals surface area (Å²) in [4.78, 5) is 0. The van der Waals surface area contributed by atoms with Crippen LogP contribution in [0.2, 0.25) is 0 Å². The molecule has 3 aromatic heterocycles. The topological polar surface area (TPSA) is 14.8 Å². The lowest BCUT2D eigenvalue weighted by Gasteiger charge is -2.19. The molecule has 3 heteroatoms. The van der Waals surface area contributed by atoms with Crippen LogP contribution in [0.3, 0.4) is 0 Å². The molecule has 3 heterocycles. The summed E-state index contributed by atoms with van der Waals surface area (Å²) in [5, 5.41) is 6.31. The van der Waals surface area contributed by atoms with Crippen molar-refractivity contribution in [2.45, 2.75) is 12.8 Å². The van der Waals surface area contributed by atoms with E-state index in [2.05, 4.69) is 184 Å². The van der Waals surface area contributed by atoms with Gasteiger partial charge in [0.15, 0.2) is 0 Å². The Balaban J connectivity index is 1.16. The van der Waals surface area contributed by atoms with Crippen molar-refractivity contribution in [3.8, 4) is 28.2 Å². The molecule has 3 nitrogen and oxygen atoms in total. The second-order valence-corrected chi connectivity index (χ2v) is 13.5. The van der Waals surface area contributed by atoms with Gasteiger partial charge in [-0.3, -0.25) is 0 Å². The van der Waals surface area contributed by atoms with Crippen molar-refractivity contribution in [2.24, 2.45) is 0 Å². The molecule has 0 saturated carbocycles. The van der Waals surface area contributed by atoms with Crippen LogP contribution in [0.4, 0.5) is 0 Å². The predicted molar refractivity (Wildman–Crippen MR) is 212 cm³/mol. The summed E-state index contributed by atoms with van der Waals surface area (Å²) >= 11 is 0. The van der Waals surface area contributed by atoms with E-state index < -0.39 is 0 Å². The lowest BCUT2D eigenvalue weighted by molar-refractivity contribution is 0.889. The maximum absolute atomic E-state index is 3.59.